The predicted octanol–water partition coefficient (Wildman–Crippen LogP) is 2.75. The van der Waals surface area contributed by atoms with Gasteiger partial charge in [-0.05, 0) is 37.6 Å². The molecule has 0 spiro atoms. The van der Waals surface area contributed by atoms with Crippen molar-refractivity contribution in [2.24, 2.45) is 0 Å². The molecular weight excluding hydrogens is 346 g/mol. The summed E-state index contributed by atoms with van der Waals surface area (Å²) in [6.45, 7) is 2.51. The Labute approximate surface area is 150 Å². The molecule has 7 nitrogen and oxygen atoms in total. The Bertz CT molecular complexity index is 715. The molecular formula is C17H20ClN3O4. The van der Waals surface area contributed by atoms with Crippen LogP contribution in [0.2, 0.25) is 5.02 Å². The number of ether oxygens (including phenoxy) is 1. The lowest BCUT2D eigenvalue weighted by Gasteiger charge is -2.22. The van der Waals surface area contributed by atoms with Crippen molar-refractivity contribution in [3.05, 3.63) is 46.7 Å². The monoisotopic (exact) mass is 365 g/mol. The van der Waals surface area contributed by atoms with E-state index < -0.39 is 0 Å². The largest absolute Gasteiger partial charge is 0.385 e. The smallest absolute Gasteiger partial charge is 0.254 e. The van der Waals surface area contributed by atoms with E-state index >= 15 is 0 Å². The number of methoxy groups -OCH3 is 1. The molecule has 0 aliphatic heterocycles. The second kappa shape index (κ2) is 9.19. The van der Waals surface area contributed by atoms with E-state index in [1.165, 1.54) is 4.90 Å². The lowest BCUT2D eigenvalue weighted by Crippen LogP contribution is -2.39. The van der Waals surface area contributed by atoms with Gasteiger partial charge in [0.1, 0.15) is 12.3 Å². The summed E-state index contributed by atoms with van der Waals surface area (Å²) in [6.07, 6.45) is 0.617. The fraction of sp³-hybridized carbons (Fsp3) is 0.353. The quantitative estimate of drug-likeness (QED) is 0.727. The zero-order valence-corrected chi connectivity index (χ0v) is 14.9. The van der Waals surface area contributed by atoms with Gasteiger partial charge < -0.3 is 19.5 Å². The molecule has 1 aromatic heterocycles. The van der Waals surface area contributed by atoms with E-state index in [4.69, 9.17) is 20.9 Å². The summed E-state index contributed by atoms with van der Waals surface area (Å²) >= 11 is 5.85. The van der Waals surface area contributed by atoms with Crippen LogP contribution < -0.4 is 5.32 Å². The van der Waals surface area contributed by atoms with Crippen molar-refractivity contribution in [2.75, 3.05) is 32.1 Å². The SMILES string of the molecule is COCCCN(CC(=O)Nc1cc(C)on1)C(=O)c1ccc(Cl)cc1. The molecule has 8 heteroatoms. The van der Waals surface area contributed by atoms with Gasteiger partial charge in [-0.3, -0.25) is 9.59 Å². The number of carbonyl (C=O) groups excluding carboxylic acids is 2. The fourth-order valence-corrected chi connectivity index (χ4v) is 2.33. The zero-order valence-electron chi connectivity index (χ0n) is 14.1. The maximum atomic E-state index is 12.7. The van der Waals surface area contributed by atoms with E-state index in [2.05, 4.69) is 10.5 Å². The van der Waals surface area contributed by atoms with E-state index in [9.17, 15) is 9.59 Å². The van der Waals surface area contributed by atoms with Crippen LogP contribution in [0.4, 0.5) is 5.82 Å². The van der Waals surface area contributed by atoms with Crippen LogP contribution in [0.25, 0.3) is 0 Å². The number of hydrogen-bond acceptors (Lipinski definition) is 5. The highest BCUT2D eigenvalue weighted by Gasteiger charge is 2.19. The predicted molar refractivity (Wildman–Crippen MR) is 93.7 cm³/mol. The minimum atomic E-state index is -0.354. The van der Waals surface area contributed by atoms with Crippen molar-refractivity contribution < 1.29 is 18.8 Å². The highest BCUT2D eigenvalue weighted by Crippen LogP contribution is 2.13. The number of benzene rings is 1. The van der Waals surface area contributed by atoms with Crippen LogP contribution in [-0.2, 0) is 9.53 Å². The van der Waals surface area contributed by atoms with E-state index in [0.717, 1.165) is 0 Å². The van der Waals surface area contributed by atoms with Gasteiger partial charge in [0.15, 0.2) is 5.82 Å². The first-order valence-corrected chi connectivity index (χ1v) is 8.14. The van der Waals surface area contributed by atoms with Crippen molar-refractivity contribution >= 4 is 29.2 Å². The molecule has 0 unspecified atom stereocenters. The number of aryl methyl sites for hydroxylation is 1. The van der Waals surface area contributed by atoms with Gasteiger partial charge in [-0.1, -0.05) is 16.8 Å². The van der Waals surface area contributed by atoms with E-state index in [0.29, 0.717) is 41.7 Å². The molecule has 134 valence electrons. The average molecular weight is 366 g/mol. The number of aromatic nitrogens is 1. The van der Waals surface area contributed by atoms with Crippen molar-refractivity contribution in [3.8, 4) is 0 Å². The van der Waals surface area contributed by atoms with E-state index in [-0.39, 0.29) is 18.4 Å². The van der Waals surface area contributed by atoms with Gasteiger partial charge in [-0.15, -0.1) is 0 Å². The van der Waals surface area contributed by atoms with Gasteiger partial charge in [0, 0.05) is 36.9 Å². The number of halogens is 1. The molecule has 2 rings (SSSR count). The summed E-state index contributed by atoms with van der Waals surface area (Å²) in [4.78, 5) is 26.3. The topological polar surface area (TPSA) is 84.7 Å². The van der Waals surface area contributed by atoms with Gasteiger partial charge in [0.25, 0.3) is 5.91 Å². The Morgan fingerprint density at radius 3 is 2.64 bits per heavy atom. The van der Waals surface area contributed by atoms with Gasteiger partial charge in [-0.2, -0.15) is 0 Å². The number of carbonyl (C=O) groups is 2. The van der Waals surface area contributed by atoms with Crippen LogP contribution in [0.5, 0.6) is 0 Å². The molecule has 0 saturated heterocycles. The molecule has 25 heavy (non-hydrogen) atoms. The van der Waals surface area contributed by atoms with Crippen LogP contribution in [0, 0.1) is 6.92 Å². The lowest BCUT2D eigenvalue weighted by molar-refractivity contribution is -0.117. The maximum absolute atomic E-state index is 12.7. The lowest BCUT2D eigenvalue weighted by atomic mass is 10.2. The van der Waals surface area contributed by atoms with Crippen LogP contribution in [-0.4, -0.2) is 48.7 Å². The third kappa shape index (κ3) is 5.88. The summed E-state index contributed by atoms with van der Waals surface area (Å²) in [5.74, 6) is 0.301. The highest BCUT2D eigenvalue weighted by molar-refractivity contribution is 6.30. The normalized spacial score (nSPS) is 10.5. The van der Waals surface area contributed by atoms with Gasteiger partial charge in [0.05, 0.1) is 0 Å². The number of rotatable bonds is 8. The molecule has 2 amide bonds. The molecule has 0 fully saturated rings. The maximum Gasteiger partial charge on any atom is 0.254 e. The zero-order chi connectivity index (χ0) is 18.2. The molecule has 0 aliphatic carbocycles. The van der Waals surface area contributed by atoms with Crippen LogP contribution in [0.1, 0.15) is 22.5 Å². The first kappa shape index (κ1) is 19.0. The third-order valence-electron chi connectivity index (χ3n) is 3.38. The van der Waals surface area contributed by atoms with Crippen molar-refractivity contribution in [3.63, 3.8) is 0 Å². The minimum Gasteiger partial charge on any atom is -0.385 e. The number of hydrogen-bond donors (Lipinski definition) is 1. The van der Waals surface area contributed by atoms with Crippen LogP contribution >= 0.6 is 11.6 Å². The Morgan fingerprint density at radius 1 is 1.32 bits per heavy atom. The summed E-state index contributed by atoms with van der Waals surface area (Å²) in [7, 11) is 1.59. The average Bonchev–Trinajstić information content (AvgIpc) is 2.99. The second-order valence-corrected chi connectivity index (χ2v) is 5.89. The molecule has 2 aromatic rings. The third-order valence-corrected chi connectivity index (χ3v) is 3.64. The molecule has 1 N–H and O–H groups in total. The van der Waals surface area contributed by atoms with E-state index in [1.807, 2.05) is 0 Å². The standard InChI is InChI=1S/C17H20ClN3O4/c1-12-10-15(20-25-12)19-16(22)11-21(8-3-9-24-2)17(23)13-4-6-14(18)7-5-13/h4-7,10H,3,8-9,11H2,1-2H3,(H,19,20,22). The molecule has 1 heterocycles. The summed E-state index contributed by atoms with van der Waals surface area (Å²) in [5.41, 5.74) is 0.465. The van der Waals surface area contributed by atoms with Crippen molar-refractivity contribution in [2.45, 2.75) is 13.3 Å². The highest BCUT2D eigenvalue weighted by atomic mass is 35.5. The minimum absolute atomic E-state index is 0.100. The van der Waals surface area contributed by atoms with E-state index in [1.54, 1.807) is 44.4 Å². The first-order valence-electron chi connectivity index (χ1n) is 7.76. The van der Waals surface area contributed by atoms with Gasteiger partial charge >= 0.3 is 0 Å². The van der Waals surface area contributed by atoms with Gasteiger partial charge in [-0.25, -0.2) is 0 Å². The number of nitrogens with one attached hydrogen (secondary N) is 1. The molecule has 0 atom stereocenters. The summed E-state index contributed by atoms with van der Waals surface area (Å²) in [5, 5.41) is 6.86. The number of nitrogens with zero attached hydrogens (tertiary/aromatic N) is 2. The molecule has 1 aromatic carbocycles. The second-order valence-electron chi connectivity index (χ2n) is 5.45. The molecule has 0 radical (unpaired) electrons. The Morgan fingerprint density at radius 2 is 2.04 bits per heavy atom. The number of amides is 2. The van der Waals surface area contributed by atoms with Gasteiger partial charge in [0.2, 0.25) is 5.91 Å². The Hall–Kier alpha value is -2.38. The first-order chi connectivity index (χ1) is 12.0. The molecule has 0 saturated carbocycles. The summed E-state index contributed by atoms with van der Waals surface area (Å²) < 4.78 is 9.92. The number of anilines is 1. The van der Waals surface area contributed by atoms with Crippen molar-refractivity contribution in [1.29, 1.82) is 0 Å². The summed E-state index contributed by atoms with van der Waals surface area (Å²) in [6, 6.07) is 8.15. The van der Waals surface area contributed by atoms with Crippen LogP contribution in [0.15, 0.2) is 34.9 Å². The Kier molecular flexibility index (Phi) is 6.97. The molecule has 0 aliphatic rings. The van der Waals surface area contributed by atoms with Crippen molar-refractivity contribution in [1.82, 2.24) is 10.1 Å². The van der Waals surface area contributed by atoms with Crippen LogP contribution in [0.3, 0.4) is 0 Å². The molecule has 0 bridgehead atoms. The fourth-order valence-electron chi connectivity index (χ4n) is 2.21. The Balaban J connectivity index is 2.04.